The molecule has 0 radical (unpaired) electrons. The molecule has 1 N–H and O–H groups in total. The molecule has 1 heterocycles. The third-order valence-electron chi connectivity index (χ3n) is 2.94. The average molecular weight is 266 g/mol. The van der Waals surface area contributed by atoms with Crippen LogP contribution in [0.1, 0.15) is 27.7 Å². The van der Waals surface area contributed by atoms with Crippen molar-refractivity contribution in [1.29, 1.82) is 5.26 Å². The zero-order valence-corrected chi connectivity index (χ0v) is 11.6. The van der Waals surface area contributed by atoms with Crippen LogP contribution >= 0.6 is 0 Å². The Morgan fingerprint density at radius 1 is 1.53 bits per heavy atom. The summed E-state index contributed by atoms with van der Waals surface area (Å²) in [5.74, 6) is -1.06. The molecule has 1 atom stereocenters. The summed E-state index contributed by atoms with van der Waals surface area (Å²) in [6, 6.07) is 1.82. The lowest BCUT2D eigenvalue weighted by atomic mass is 9.85. The molecule has 0 saturated carbocycles. The number of hydrogen-bond donors (Lipinski definition) is 1. The molecular formula is C13H18N2O4. The van der Waals surface area contributed by atoms with Gasteiger partial charge < -0.3 is 14.7 Å². The smallest absolute Gasteiger partial charge is 0.410 e. The van der Waals surface area contributed by atoms with Crippen LogP contribution in [0.15, 0.2) is 11.6 Å². The molecule has 6 nitrogen and oxygen atoms in total. The molecule has 6 heteroatoms. The molecule has 0 aromatic rings. The van der Waals surface area contributed by atoms with Gasteiger partial charge in [-0.2, -0.15) is 5.26 Å². The highest BCUT2D eigenvalue weighted by Gasteiger charge is 2.47. The van der Waals surface area contributed by atoms with Crippen LogP contribution in [-0.2, 0) is 9.53 Å². The van der Waals surface area contributed by atoms with Gasteiger partial charge in [-0.3, -0.25) is 4.79 Å². The van der Waals surface area contributed by atoms with E-state index in [0.29, 0.717) is 5.57 Å². The number of carboxylic acids is 1. The number of amides is 1. The Kier molecular flexibility index (Phi) is 3.89. The third-order valence-corrected chi connectivity index (χ3v) is 2.94. The number of nitrogens with zero attached hydrogens (tertiary/aromatic N) is 2. The number of allylic oxidation sites excluding steroid dienone is 1. The number of carbonyl (C=O) groups is 2. The molecule has 104 valence electrons. The Morgan fingerprint density at radius 2 is 2.11 bits per heavy atom. The number of carboxylic acid groups (broad SMARTS) is 1. The van der Waals surface area contributed by atoms with Crippen molar-refractivity contribution in [2.24, 2.45) is 5.41 Å². The molecule has 1 fully saturated rings. The quantitative estimate of drug-likeness (QED) is 0.730. The van der Waals surface area contributed by atoms with Gasteiger partial charge in [-0.15, -0.1) is 0 Å². The second kappa shape index (κ2) is 4.92. The lowest BCUT2D eigenvalue weighted by molar-refractivity contribution is -0.145. The summed E-state index contributed by atoms with van der Waals surface area (Å²) in [7, 11) is 0. The zero-order chi connectivity index (χ0) is 14.8. The van der Waals surface area contributed by atoms with Crippen molar-refractivity contribution in [3.05, 3.63) is 11.6 Å². The molecule has 0 aromatic carbocycles. The molecule has 1 saturated heterocycles. The molecule has 1 aliphatic heterocycles. The molecular weight excluding hydrogens is 248 g/mol. The average Bonchev–Trinajstić information content (AvgIpc) is 2.56. The molecule has 19 heavy (non-hydrogen) atoms. The maximum Gasteiger partial charge on any atom is 0.410 e. The monoisotopic (exact) mass is 266 g/mol. The number of aliphatic carboxylic acids is 1. The Bertz CT molecular complexity index is 470. The van der Waals surface area contributed by atoms with Crippen LogP contribution in [0.25, 0.3) is 0 Å². The predicted molar refractivity (Wildman–Crippen MR) is 67.2 cm³/mol. The van der Waals surface area contributed by atoms with Crippen LogP contribution in [0.5, 0.6) is 0 Å². The van der Waals surface area contributed by atoms with Crippen molar-refractivity contribution < 1.29 is 19.4 Å². The lowest BCUT2D eigenvalue weighted by Crippen LogP contribution is -2.38. The Labute approximate surface area is 112 Å². The van der Waals surface area contributed by atoms with Crippen LogP contribution in [0, 0.1) is 16.7 Å². The second-order valence-corrected chi connectivity index (χ2v) is 5.77. The maximum atomic E-state index is 11.9. The molecule has 0 aromatic heterocycles. The Morgan fingerprint density at radius 3 is 2.53 bits per heavy atom. The van der Waals surface area contributed by atoms with E-state index in [4.69, 9.17) is 10.00 Å². The first kappa shape index (κ1) is 15.0. The minimum absolute atomic E-state index is 0.00472. The van der Waals surface area contributed by atoms with Crippen molar-refractivity contribution in [3.8, 4) is 6.07 Å². The minimum Gasteiger partial charge on any atom is -0.481 e. The summed E-state index contributed by atoms with van der Waals surface area (Å²) in [6.45, 7) is 6.83. The van der Waals surface area contributed by atoms with E-state index >= 15 is 0 Å². The van der Waals surface area contributed by atoms with Gasteiger partial charge in [0.2, 0.25) is 0 Å². The molecule has 0 bridgehead atoms. The predicted octanol–water partition coefficient (Wildman–Crippen LogP) is 1.78. The van der Waals surface area contributed by atoms with Crippen molar-refractivity contribution >= 4 is 12.1 Å². The van der Waals surface area contributed by atoms with Gasteiger partial charge in [-0.25, -0.2) is 4.79 Å². The second-order valence-electron chi connectivity index (χ2n) is 5.77. The van der Waals surface area contributed by atoms with E-state index in [2.05, 4.69) is 0 Å². The third kappa shape index (κ3) is 3.25. The summed E-state index contributed by atoms with van der Waals surface area (Å²) in [5, 5.41) is 18.0. The number of rotatable bonds is 1. The molecule has 1 rings (SSSR count). The lowest BCUT2D eigenvalue weighted by Gasteiger charge is -2.25. The SMILES string of the molecule is CC(C)(C)OC(=O)N1CC(=CC#N)C(C)(C(=O)O)C1. The van der Waals surface area contributed by atoms with Gasteiger partial charge in [0.25, 0.3) is 0 Å². The molecule has 0 spiro atoms. The number of hydrogen-bond acceptors (Lipinski definition) is 4. The van der Waals surface area contributed by atoms with E-state index in [9.17, 15) is 14.7 Å². The first-order valence-electron chi connectivity index (χ1n) is 5.90. The normalized spacial score (nSPS) is 25.2. The van der Waals surface area contributed by atoms with Gasteiger partial charge in [0.05, 0.1) is 6.07 Å². The van der Waals surface area contributed by atoms with Gasteiger partial charge in [0.1, 0.15) is 11.0 Å². The highest BCUT2D eigenvalue weighted by molar-refractivity contribution is 5.82. The first-order chi connectivity index (χ1) is 8.60. The first-order valence-corrected chi connectivity index (χ1v) is 5.90. The van der Waals surface area contributed by atoms with Crippen LogP contribution in [0.4, 0.5) is 4.79 Å². The van der Waals surface area contributed by atoms with Crippen molar-refractivity contribution in [2.75, 3.05) is 13.1 Å². The molecule has 0 aliphatic carbocycles. The van der Waals surface area contributed by atoms with Crippen molar-refractivity contribution in [1.82, 2.24) is 4.90 Å². The maximum absolute atomic E-state index is 11.9. The highest BCUT2D eigenvalue weighted by Crippen LogP contribution is 2.36. The molecule has 1 aliphatic rings. The highest BCUT2D eigenvalue weighted by atomic mass is 16.6. The van der Waals surface area contributed by atoms with Gasteiger partial charge >= 0.3 is 12.1 Å². The van der Waals surface area contributed by atoms with Gasteiger partial charge in [0, 0.05) is 19.2 Å². The van der Waals surface area contributed by atoms with E-state index < -0.39 is 23.1 Å². The molecule has 1 amide bonds. The van der Waals surface area contributed by atoms with Crippen LogP contribution in [-0.4, -0.2) is 40.8 Å². The largest absolute Gasteiger partial charge is 0.481 e. The van der Waals surface area contributed by atoms with Gasteiger partial charge in [-0.1, -0.05) is 0 Å². The van der Waals surface area contributed by atoms with Crippen LogP contribution in [0.3, 0.4) is 0 Å². The zero-order valence-electron chi connectivity index (χ0n) is 11.6. The fourth-order valence-corrected chi connectivity index (χ4v) is 1.86. The summed E-state index contributed by atoms with van der Waals surface area (Å²) < 4.78 is 5.21. The van der Waals surface area contributed by atoms with E-state index in [1.165, 1.54) is 17.9 Å². The number of nitriles is 1. The van der Waals surface area contributed by atoms with Crippen molar-refractivity contribution in [3.63, 3.8) is 0 Å². The minimum atomic E-state index is -1.23. The number of ether oxygens (including phenoxy) is 1. The van der Waals surface area contributed by atoms with Crippen LogP contribution in [0.2, 0.25) is 0 Å². The van der Waals surface area contributed by atoms with Crippen molar-refractivity contribution in [2.45, 2.75) is 33.3 Å². The summed E-state index contributed by atoms with van der Waals surface area (Å²) >= 11 is 0. The number of likely N-dealkylation sites (tertiary alicyclic amines) is 1. The summed E-state index contributed by atoms with van der Waals surface area (Å²) in [5.41, 5.74) is -1.46. The Balaban J connectivity index is 2.95. The van der Waals surface area contributed by atoms with Crippen LogP contribution < -0.4 is 0 Å². The molecule has 1 unspecified atom stereocenters. The van der Waals surface area contributed by atoms with E-state index in [1.54, 1.807) is 20.8 Å². The van der Waals surface area contributed by atoms with Gasteiger partial charge in [0.15, 0.2) is 0 Å². The number of carbonyl (C=O) groups excluding carboxylic acids is 1. The summed E-state index contributed by atoms with van der Waals surface area (Å²) in [6.07, 6.45) is 0.625. The van der Waals surface area contributed by atoms with E-state index in [-0.39, 0.29) is 13.1 Å². The summed E-state index contributed by atoms with van der Waals surface area (Å²) in [4.78, 5) is 24.6. The van der Waals surface area contributed by atoms with E-state index in [0.717, 1.165) is 0 Å². The topological polar surface area (TPSA) is 90.6 Å². The standard InChI is InChI=1S/C13H18N2O4/c1-12(2,3)19-11(18)15-7-9(5-6-14)13(4,8-15)10(16)17/h5H,7-8H2,1-4H3,(H,16,17). The fourth-order valence-electron chi connectivity index (χ4n) is 1.86. The van der Waals surface area contributed by atoms with Gasteiger partial charge in [-0.05, 0) is 33.3 Å². The Hall–Kier alpha value is -2.03. The van der Waals surface area contributed by atoms with E-state index in [1.807, 2.05) is 6.07 Å². The fraction of sp³-hybridized carbons (Fsp3) is 0.615.